The highest BCUT2D eigenvalue weighted by molar-refractivity contribution is 8.17. The molecule has 2 aliphatic heterocycles. The minimum Gasteiger partial charge on any atom is -0.497 e. The molecule has 0 bridgehead atoms. The first kappa shape index (κ1) is 17.5. The normalized spacial score (nSPS) is 15.7. The summed E-state index contributed by atoms with van der Waals surface area (Å²) in [6.45, 7) is 4.76. The fourth-order valence-electron chi connectivity index (χ4n) is 3.09. The zero-order valence-electron chi connectivity index (χ0n) is 15.5. The fraction of sp³-hybridized carbons (Fsp3) is 0.190. The lowest BCUT2D eigenvalue weighted by Crippen LogP contribution is -2.26. The summed E-state index contributed by atoms with van der Waals surface area (Å²) in [5, 5.41) is 5.48. The van der Waals surface area contributed by atoms with Crippen molar-refractivity contribution in [2.24, 2.45) is 5.10 Å². The molecular weight excluding hydrogens is 358 g/mol. The lowest BCUT2D eigenvalue weighted by molar-refractivity contribution is 0.340. The summed E-state index contributed by atoms with van der Waals surface area (Å²) in [5.74, 6) is 1.72. The van der Waals surface area contributed by atoms with Crippen molar-refractivity contribution in [2.75, 3.05) is 13.7 Å². The standard InChI is InChI=1S/C21H21N3O2S/c1-4-26-18-11-5-15(6-12-18)19-13-24-20(14(2)27-21(24)23-22-19)16-7-9-17(25-3)10-8-16/h5-13,22H,4H2,1-3H3. The number of hydrazone groups is 1. The second-order valence-corrected chi connectivity index (χ2v) is 7.29. The highest BCUT2D eigenvalue weighted by atomic mass is 32.2. The number of methoxy groups -OCH3 is 1. The summed E-state index contributed by atoms with van der Waals surface area (Å²) in [6, 6.07) is 16.1. The Kier molecular flexibility index (Phi) is 4.81. The van der Waals surface area contributed by atoms with Crippen LogP contribution >= 0.6 is 11.8 Å². The first-order valence-electron chi connectivity index (χ1n) is 8.80. The smallest absolute Gasteiger partial charge is 0.196 e. The van der Waals surface area contributed by atoms with Crippen LogP contribution in [0.15, 0.2) is 64.7 Å². The molecule has 0 saturated carbocycles. The maximum absolute atomic E-state index is 5.53. The van der Waals surface area contributed by atoms with Crippen molar-refractivity contribution >= 4 is 28.3 Å². The molecule has 2 aromatic rings. The number of fused-ring (bicyclic) bond motifs is 1. The molecule has 0 aromatic heterocycles. The van der Waals surface area contributed by atoms with Gasteiger partial charge in [-0.1, -0.05) is 11.8 Å². The van der Waals surface area contributed by atoms with Crippen LogP contribution in [0.3, 0.4) is 0 Å². The van der Waals surface area contributed by atoms with Gasteiger partial charge in [0.1, 0.15) is 11.5 Å². The predicted molar refractivity (Wildman–Crippen MR) is 111 cm³/mol. The summed E-state index contributed by atoms with van der Waals surface area (Å²) < 4.78 is 10.8. The number of allylic oxidation sites excluding steroid dienone is 1. The molecule has 0 spiro atoms. The highest BCUT2D eigenvalue weighted by Crippen LogP contribution is 2.42. The van der Waals surface area contributed by atoms with Gasteiger partial charge in [0.05, 0.1) is 25.1 Å². The van der Waals surface area contributed by atoms with Crippen LogP contribution in [0.4, 0.5) is 0 Å². The number of amidine groups is 1. The number of benzene rings is 2. The molecular formula is C21H21N3O2S. The van der Waals surface area contributed by atoms with Gasteiger partial charge in [-0.05, 0) is 67.9 Å². The Labute approximate surface area is 163 Å². The van der Waals surface area contributed by atoms with Crippen molar-refractivity contribution in [3.63, 3.8) is 0 Å². The molecule has 0 saturated heterocycles. The van der Waals surface area contributed by atoms with E-state index in [1.807, 2.05) is 43.3 Å². The van der Waals surface area contributed by atoms with Crippen molar-refractivity contribution in [1.29, 1.82) is 0 Å². The van der Waals surface area contributed by atoms with E-state index >= 15 is 0 Å². The van der Waals surface area contributed by atoms with Crippen molar-refractivity contribution in [3.05, 3.63) is 70.8 Å². The lowest BCUT2D eigenvalue weighted by atomic mass is 10.1. The minimum absolute atomic E-state index is 0.661. The van der Waals surface area contributed by atoms with E-state index in [1.54, 1.807) is 18.9 Å². The van der Waals surface area contributed by atoms with Gasteiger partial charge in [-0.2, -0.15) is 0 Å². The number of hydrogen-bond acceptors (Lipinski definition) is 6. The van der Waals surface area contributed by atoms with E-state index < -0.39 is 0 Å². The Morgan fingerprint density at radius 3 is 2.33 bits per heavy atom. The number of ether oxygens (including phenoxy) is 2. The summed E-state index contributed by atoms with van der Waals surface area (Å²) in [7, 11) is 1.68. The molecule has 0 fully saturated rings. The van der Waals surface area contributed by atoms with Gasteiger partial charge >= 0.3 is 0 Å². The summed E-state index contributed by atoms with van der Waals surface area (Å²) in [6.07, 6.45) is 2.10. The monoisotopic (exact) mass is 379 g/mol. The molecule has 2 aliphatic rings. The molecule has 2 aromatic carbocycles. The van der Waals surface area contributed by atoms with E-state index in [0.717, 1.165) is 39.2 Å². The molecule has 6 heteroatoms. The number of nitrogens with zero attached hydrogens (tertiary/aromatic N) is 2. The summed E-state index contributed by atoms with van der Waals surface area (Å²) >= 11 is 1.67. The Hall–Kier alpha value is -2.86. The van der Waals surface area contributed by atoms with Crippen molar-refractivity contribution in [2.45, 2.75) is 13.8 Å². The third-order valence-corrected chi connectivity index (χ3v) is 5.36. The van der Waals surface area contributed by atoms with Crippen LogP contribution in [-0.2, 0) is 0 Å². The van der Waals surface area contributed by atoms with Gasteiger partial charge in [0.25, 0.3) is 0 Å². The SMILES string of the molecule is CCOc1ccc(C2=CN3C(=NN2)SC(C)=C3c2ccc(OC)cc2)cc1. The van der Waals surface area contributed by atoms with Crippen molar-refractivity contribution in [1.82, 2.24) is 10.3 Å². The van der Waals surface area contributed by atoms with Gasteiger partial charge in [-0.25, -0.2) is 0 Å². The average Bonchev–Trinajstić information content (AvgIpc) is 3.04. The van der Waals surface area contributed by atoms with Gasteiger partial charge in [0.2, 0.25) is 0 Å². The number of thioether (sulfide) groups is 1. The Morgan fingerprint density at radius 2 is 1.67 bits per heavy atom. The second-order valence-electron chi connectivity index (χ2n) is 6.11. The molecule has 0 radical (unpaired) electrons. The van der Waals surface area contributed by atoms with Crippen molar-refractivity contribution < 1.29 is 9.47 Å². The van der Waals surface area contributed by atoms with Crippen LogP contribution in [0.2, 0.25) is 0 Å². The minimum atomic E-state index is 0.661. The molecule has 0 unspecified atom stereocenters. The van der Waals surface area contributed by atoms with Crippen LogP contribution in [0, 0.1) is 0 Å². The maximum Gasteiger partial charge on any atom is 0.196 e. The van der Waals surface area contributed by atoms with Gasteiger partial charge in [0, 0.05) is 16.7 Å². The average molecular weight is 379 g/mol. The first-order chi connectivity index (χ1) is 13.2. The van der Waals surface area contributed by atoms with Crippen LogP contribution in [0.1, 0.15) is 25.0 Å². The van der Waals surface area contributed by atoms with E-state index in [0.29, 0.717) is 6.61 Å². The summed E-state index contributed by atoms with van der Waals surface area (Å²) in [5.41, 5.74) is 7.45. The lowest BCUT2D eigenvalue weighted by Gasteiger charge is -2.24. The predicted octanol–water partition coefficient (Wildman–Crippen LogP) is 4.70. The Morgan fingerprint density at radius 1 is 1.00 bits per heavy atom. The van der Waals surface area contributed by atoms with Crippen LogP contribution in [0.5, 0.6) is 11.5 Å². The van der Waals surface area contributed by atoms with E-state index in [2.05, 4.69) is 40.7 Å². The molecule has 27 heavy (non-hydrogen) atoms. The molecule has 2 heterocycles. The topological polar surface area (TPSA) is 46.1 Å². The maximum atomic E-state index is 5.53. The summed E-state index contributed by atoms with van der Waals surface area (Å²) in [4.78, 5) is 3.36. The quantitative estimate of drug-likeness (QED) is 0.816. The van der Waals surface area contributed by atoms with Gasteiger partial charge in [0.15, 0.2) is 5.17 Å². The molecule has 0 atom stereocenters. The third-order valence-electron chi connectivity index (χ3n) is 4.39. The zero-order valence-corrected chi connectivity index (χ0v) is 16.3. The molecule has 1 N–H and O–H groups in total. The number of hydrogen-bond donors (Lipinski definition) is 1. The molecule has 138 valence electrons. The Bertz CT molecular complexity index is 931. The third kappa shape index (κ3) is 3.40. The zero-order chi connectivity index (χ0) is 18.8. The van der Waals surface area contributed by atoms with Crippen LogP contribution in [-0.4, -0.2) is 23.8 Å². The van der Waals surface area contributed by atoms with Gasteiger partial charge < -0.3 is 9.47 Å². The molecule has 0 amide bonds. The second kappa shape index (κ2) is 7.40. The van der Waals surface area contributed by atoms with Crippen LogP contribution in [0.25, 0.3) is 11.4 Å². The fourth-order valence-corrected chi connectivity index (χ4v) is 4.01. The first-order valence-corrected chi connectivity index (χ1v) is 9.62. The molecule has 4 rings (SSSR count). The van der Waals surface area contributed by atoms with E-state index in [9.17, 15) is 0 Å². The van der Waals surface area contributed by atoms with Gasteiger partial charge in [-0.15, -0.1) is 5.10 Å². The molecule has 0 aliphatic carbocycles. The Balaban J connectivity index is 1.64. The van der Waals surface area contributed by atoms with Crippen molar-refractivity contribution in [3.8, 4) is 11.5 Å². The van der Waals surface area contributed by atoms with Crippen LogP contribution < -0.4 is 14.9 Å². The highest BCUT2D eigenvalue weighted by Gasteiger charge is 2.30. The molecule has 5 nitrogen and oxygen atoms in total. The van der Waals surface area contributed by atoms with E-state index in [-0.39, 0.29) is 0 Å². The largest absolute Gasteiger partial charge is 0.497 e. The van der Waals surface area contributed by atoms with E-state index in [4.69, 9.17) is 9.47 Å². The van der Waals surface area contributed by atoms with Gasteiger partial charge in [-0.3, -0.25) is 10.3 Å². The number of nitrogens with one attached hydrogen (secondary N) is 1. The number of rotatable bonds is 5. The van der Waals surface area contributed by atoms with E-state index in [1.165, 1.54) is 4.91 Å².